The monoisotopic (exact) mass is 292 g/mol. The van der Waals surface area contributed by atoms with Crippen LogP contribution in [0.1, 0.15) is 47.0 Å². The Balaban J connectivity index is 2.00. The molecule has 21 heavy (non-hydrogen) atoms. The molecule has 0 saturated carbocycles. The summed E-state index contributed by atoms with van der Waals surface area (Å²) >= 11 is 0. The minimum Gasteiger partial charge on any atom is -0.460 e. The van der Waals surface area contributed by atoms with Gasteiger partial charge in [0.05, 0.1) is 5.92 Å². The summed E-state index contributed by atoms with van der Waals surface area (Å²) < 4.78 is 10.8. The zero-order chi connectivity index (χ0) is 15.6. The van der Waals surface area contributed by atoms with Crippen molar-refractivity contribution in [1.29, 1.82) is 0 Å². The summed E-state index contributed by atoms with van der Waals surface area (Å²) in [6.45, 7) is 7.12. The first-order valence-electron chi connectivity index (χ1n) is 7.35. The molecule has 2 heterocycles. The second-order valence-corrected chi connectivity index (χ2v) is 7.23. The maximum atomic E-state index is 12.5. The van der Waals surface area contributed by atoms with Crippen LogP contribution in [0.3, 0.4) is 0 Å². The van der Waals surface area contributed by atoms with Crippen LogP contribution in [0.2, 0.25) is 0 Å². The molecule has 4 aliphatic rings. The Hall–Kier alpha value is -1.65. The van der Waals surface area contributed by atoms with Gasteiger partial charge in [-0.25, -0.2) is 0 Å². The number of ether oxygens (including phenoxy) is 2. The molecular formula is C16H20O5. The lowest BCUT2D eigenvalue weighted by atomic mass is 9.61. The third-order valence-electron chi connectivity index (χ3n) is 4.69. The fraction of sp³-hybridized carbons (Fsp3) is 0.688. The minimum absolute atomic E-state index is 0.0522. The van der Waals surface area contributed by atoms with Gasteiger partial charge >= 0.3 is 11.9 Å². The molecule has 0 radical (unpaired) electrons. The van der Waals surface area contributed by atoms with E-state index in [1.165, 1.54) is 0 Å². The van der Waals surface area contributed by atoms with E-state index in [-0.39, 0.29) is 11.8 Å². The van der Waals surface area contributed by atoms with Gasteiger partial charge in [-0.05, 0) is 39.7 Å². The van der Waals surface area contributed by atoms with E-state index in [1.807, 2.05) is 0 Å². The number of esters is 2. The van der Waals surface area contributed by atoms with Crippen LogP contribution < -0.4 is 0 Å². The summed E-state index contributed by atoms with van der Waals surface area (Å²) in [5, 5.41) is 0. The Morgan fingerprint density at radius 2 is 1.95 bits per heavy atom. The first-order valence-corrected chi connectivity index (χ1v) is 7.35. The lowest BCUT2D eigenvalue weighted by Gasteiger charge is -2.47. The zero-order valence-electron chi connectivity index (χ0n) is 12.8. The number of carbonyl (C=O) groups is 3. The predicted octanol–water partition coefficient (Wildman–Crippen LogP) is 1.94. The molecule has 2 aliphatic carbocycles. The summed E-state index contributed by atoms with van der Waals surface area (Å²) in [6.07, 6.45) is 0.743. The van der Waals surface area contributed by atoms with Crippen molar-refractivity contribution in [3.63, 3.8) is 0 Å². The lowest BCUT2D eigenvalue weighted by molar-refractivity contribution is -0.188. The zero-order valence-corrected chi connectivity index (χ0v) is 12.8. The molecule has 5 heteroatoms. The number of rotatable bonds is 1. The van der Waals surface area contributed by atoms with Crippen LogP contribution in [-0.4, -0.2) is 29.4 Å². The Labute approximate surface area is 123 Å². The Morgan fingerprint density at radius 3 is 2.57 bits per heavy atom. The van der Waals surface area contributed by atoms with Gasteiger partial charge in [0.1, 0.15) is 17.1 Å². The van der Waals surface area contributed by atoms with Gasteiger partial charge in [0, 0.05) is 18.4 Å². The second-order valence-electron chi connectivity index (χ2n) is 7.23. The summed E-state index contributed by atoms with van der Waals surface area (Å²) in [5.41, 5.74) is -0.206. The van der Waals surface area contributed by atoms with E-state index in [4.69, 9.17) is 9.47 Å². The highest BCUT2D eigenvalue weighted by molar-refractivity contribution is 6.05. The van der Waals surface area contributed by atoms with Crippen molar-refractivity contribution in [2.45, 2.75) is 58.7 Å². The van der Waals surface area contributed by atoms with Gasteiger partial charge in [-0.2, -0.15) is 0 Å². The van der Waals surface area contributed by atoms with Crippen LogP contribution in [-0.2, 0) is 23.9 Å². The van der Waals surface area contributed by atoms with Gasteiger partial charge < -0.3 is 9.47 Å². The molecule has 0 aromatic rings. The molecule has 4 rings (SSSR count). The Kier molecular flexibility index (Phi) is 2.85. The van der Waals surface area contributed by atoms with Crippen LogP contribution in [0.4, 0.5) is 0 Å². The first-order chi connectivity index (χ1) is 9.64. The van der Waals surface area contributed by atoms with Crippen molar-refractivity contribution in [1.82, 2.24) is 0 Å². The third kappa shape index (κ3) is 1.93. The van der Waals surface area contributed by atoms with E-state index in [9.17, 15) is 14.4 Å². The molecular weight excluding hydrogens is 272 g/mol. The van der Waals surface area contributed by atoms with Crippen LogP contribution in [0, 0.1) is 11.3 Å². The SMILES string of the molecule is CC(C)(C)OC(=O)[C@@H]1CC2OC(=O)C1(C)C1=C2C(=O)CC1. The average molecular weight is 292 g/mol. The van der Waals surface area contributed by atoms with E-state index in [0.717, 1.165) is 5.57 Å². The van der Waals surface area contributed by atoms with E-state index >= 15 is 0 Å². The molecule has 1 fully saturated rings. The van der Waals surface area contributed by atoms with Gasteiger partial charge in [-0.3, -0.25) is 14.4 Å². The number of hydrogen-bond acceptors (Lipinski definition) is 5. The van der Waals surface area contributed by atoms with Gasteiger partial charge in [0.25, 0.3) is 0 Å². The highest BCUT2D eigenvalue weighted by atomic mass is 16.6. The summed E-state index contributed by atoms with van der Waals surface area (Å²) in [7, 11) is 0. The van der Waals surface area contributed by atoms with Crippen molar-refractivity contribution in [2.75, 3.05) is 0 Å². The number of ketones is 1. The Morgan fingerprint density at radius 1 is 1.29 bits per heavy atom. The molecule has 2 aliphatic heterocycles. The molecule has 5 nitrogen and oxygen atoms in total. The summed E-state index contributed by atoms with van der Waals surface area (Å²) in [5.74, 6) is -1.29. The largest absolute Gasteiger partial charge is 0.460 e. The fourth-order valence-corrected chi connectivity index (χ4v) is 3.70. The topological polar surface area (TPSA) is 69.7 Å². The van der Waals surface area contributed by atoms with Gasteiger partial charge in [0.15, 0.2) is 5.78 Å². The van der Waals surface area contributed by atoms with Crippen molar-refractivity contribution >= 4 is 17.7 Å². The van der Waals surface area contributed by atoms with Gasteiger partial charge in [0.2, 0.25) is 0 Å². The fourth-order valence-electron chi connectivity index (χ4n) is 3.70. The average Bonchev–Trinajstić information content (AvgIpc) is 2.73. The minimum atomic E-state index is -1.04. The highest BCUT2D eigenvalue weighted by Gasteiger charge is 2.62. The standard InChI is InChI=1S/C16H20O5/c1-15(2,3)21-13(18)9-7-11-12-8(5-6-10(12)17)16(9,4)14(19)20-11/h9,11H,5-7H2,1-4H3/t9-,11?,16?/m0/s1. The molecule has 0 amide bonds. The number of fused-ring (bicyclic) bond motifs is 2. The van der Waals surface area contributed by atoms with Crippen LogP contribution in [0.15, 0.2) is 11.1 Å². The van der Waals surface area contributed by atoms with Crippen molar-refractivity contribution in [3.05, 3.63) is 11.1 Å². The highest BCUT2D eigenvalue weighted by Crippen LogP contribution is 2.55. The molecule has 0 aromatic heterocycles. The smallest absolute Gasteiger partial charge is 0.317 e. The van der Waals surface area contributed by atoms with Crippen LogP contribution in [0.25, 0.3) is 0 Å². The maximum Gasteiger partial charge on any atom is 0.317 e. The second kappa shape index (κ2) is 4.18. The number of hydrogen-bond donors (Lipinski definition) is 0. The van der Waals surface area contributed by atoms with Crippen molar-refractivity contribution in [2.24, 2.45) is 11.3 Å². The molecule has 2 bridgehead atoms. The number of Topliss-reactive ketones (excluding diaryl/α,β-unsaturated/α-hetero) is 1. The van der Waals surface area contributed by atoms with Gasteiger partial charge in [-0.1, -0.05) is 0 Å². The van der Waals surface area contributed by atoms with Crippen LogP contribution >= 0.6 is 0 Å². The molecule has 0 N–H and O–H groups in total. The molecule has 0 aromatic carbocycles. The molecule has 1 saturated heterocycles. The predicted molar refractivity (Wildman–Crippen MR) is 73.2 cm³/mol. The van der Waals surface area contributed by atoms with Crippen molar-refractivity contribution in [3.8, 4) is 0 Å². The van der Waals surface area contributed by atoms with Crippen LogP contribution in [0.5, 0.6) is 0 Å². The quantitative estimate of drug-likeness (QED) is 0.691. The van der Waals surface area contributed by atoms with E-state index in [0.29, 0.717) is 24.8 Å². The van der Waals surface area contributed by atoms with Crippen molar-refractivity contribution < 1.29 is 23.9 Å². The lowest BCUT2D eigenvalue weighted by Crippen LogP contribution is -2.56. The normalized spacial score (nSPS) is 34.9. The van der Waals surface area contributed by atoms with E-state index in [1.54, 1.807) is 27.7 Å². The van der Waals surface area contributed by atoms with E-state index in [2.05, 4.69) is 0 Å². The van der Waals surface area contributed by atoms with E-state index < -0.39 is 29.0 Å². The summed E-state index contributed by atoms with van der Waals surface area (Å²) in [6, 6.07) is 0. The third-order valence-corrected chi connectivity index (χ3v) is 4.69. The Bertz CT molecular complexity index is 580. The molecule has 114 valence electrons. The van der Waals surface area contributed by atoms with Gasteiger partial charge in [-0.15, -0.1) is 0 Å². The maximum absolute atomic E-state index is 12.5. The summed E-state index contributed by atoms with van der Waals surface area (Å²) in [4.78, 5) is 36.8. The molecule has 3 atom stereocenters. The number of carbonyl (C=O) groups excluding carboxylic acids is 3. The first kappa shape index (κ1) is 14.3. The molecule has 0 spiro atoms. The molecule has 2 unspecified atom stereocenters.